The fourth-order valence-electron chi connectivity index (χ4n) is 4.33. The SMILES string of the molecule is [CH2][C@@H]1C[C@@H](Nc2ncncc2C(=O)c2cc([C@@H]3OCCc4cccnc43)c(Cl)s2)C[C@@H]1O. The summed E-state index contributed by atoms with van der Waals surface area (Å²) < 4.78 is 6.49. The number of anilines is 1. The molecular formula is C23H22ClN4O3S. The summed E-state index contributed by atoms with van der Waals surface area (Å²) in [7, 11) is 0. The molecule has 0 aromatic carbocycles. The number of thiophene rings is 1. The van der Waals surface area contributed by atoms with Gasteiger partial charge in [0.2, 0.25) is 5.78 Å². The number of nitrogens with one attached hydrogen (secondary N) is 1. The predicted octanol–water partition coefficient (Wildman–Crippen LogP) is 3.87. The smallest absolute Gasteiger partial charge is 0.208 e. The monoisotopic (exact) mass is 469 g/mol. The van der Waals surface area contributed by atoms with E-state index < -0.39 is 12.2 Å². The Morgan fingerprint density at radius 3 is 3.03 bits per heavy atom. The minimum absolute atomic E-state index is 0.00495. The Bertz CT molecular complexity index is 1140. The van der Waals surface area contributed by atoms with E-state index in [1.165, 1.54) is 23.9 Å². The number of rotatable bonds is 5. The molecule has 3 aromatic heterocycles. The van der Waals surface area contributed by atoms with E-state index >= 15 is 0 Å². The van der Waals surface area contributed by atoms with Crippen molar-refractivity contribution in [1.82, 2.24) is 15.0 Å². The molecule has 3 aromatic rings. The first-order valence-electron chi connectivity index (χ1n) is 10.5. The van der Waals surface area contributed by atoms with E-state index in [0.717, 1.165) is 23.2 Å². The number of hydrogen-bond acceptors (Lipinski definition) is 8. The van der Waals surface area contributed by atoms with Gasteiger partial charge in [-0.2, -0.15) is 0 Å². The fraction of sp³-hybridized carbons (Fsp3) is 0.348. The Hall–Kier alpha value is -2.39. The molecule has 1 aliphatic heterocycles. The summed E-state index contributed by atoms with van der Waals surface area (Å²) in [6, 6.07) is 5.73. The summed E-state index contributed by atoms with van der Waals surface area (Å²) >= 11 is 7.78. The number of carbonyl (C=O) groups is 1. The van der Waals surface area contributed by atoms with Crippen molar-refractivity contribution in [3.8, 4) is 0 Å². The summed E-state index contributed by atoms with van der Waals surface area (Å²) in [4.78, 5) is 26.7. The van der Waals surface area contributed by atoms with Crippen molar-refractivity contribution in [2.24, 2.45) is 5.92 Å². The number of aliphatic hydroxyl groups is 1. The average Bonchev–Trinajstić information content (AvgIpc) is 3.34. The lowest BCUT2D eigenvalue weighted by Crippen LogP contribution is -2.20. The predicted molar refractivity (Wildman–Crippen MR) is 122 cm³/mol. The van der Waals surface area contributed by atoms with Gasteiger partial charge >= 0.3 is 0 Å². The highest BCUT2D eigenvalue weighted by Gasteiger charge is 2.32. The lowest BCUT2D eigenvalue weighted by atomic mass is 9.99. The van der Waals surface area contributed by atoms with Crippen LogP contribution in [0.15, 0.2) is 36.9 Å². The van der Waals surface area contributed by atoms with Crippen LogP contribution in [-0.2, 0) is 11.2 Å². The number of carbonyl (C=O) groups excluding carboxylic acids is 1. The second-order valence-corrected chi connectivity index (χ2v) is 9.80. The topological polar surface area (TPSA) is 97.2 Å². The number of hydrogen-bond donors (Lipinski definition) is 2. The summed E-state index contributed by atoms with van der Waals surface area (Å²) in [6.45, 7) is 4.54. The number of nitrogens with zero attached hydrogens (tertiary/aromatic N) is 3. The summed E-state index contributed by atoms with van der Waals surface area (Å²) in [5.74, 6) is 0.190. The van der Waals surface area contributed by atoms with E-state index in [9.17, 15) is 9.90 Å². The summed E-state index contributed by atoms with van der Waals surface area (Å²) in [5, 5.41) is 13.3. The van der Waals surface area contributed by atoms with Crippen LogP contribution < -0.4 is 5.32 Å². The van der Waals surface area contributed by atoms with Crippen LogP contribution in [0.5, 0.6) is 0 Å². The zero-order chi connectivity index (χ0) is 22.2. The van der Waals surface area contributed by atoms with Gasteiger partial charge in [-0.15, -0.1) is 11.3 Å². The molecule has 2 N–H and O–H groups in total. The molecule has 5 rings (SSSR count). The van der Waals surface area contributed by atoms with Crippen LogP contribution in [0.2, 0.25) is 4.34 Å². The second-order valence-electron chi connectivity index (χ2n) is 8.14. The van der Waals surface area contributed by atoms with Crippen molar-refractivity contribution in [3.63, 3.8) is 0 Å². The third-order valence-corrected chi connectivity index (χ3v) is 7.39. The van der Waals surface area contributed by atoms with Crippen LogP contribution in [0.4, 0.5) is 5.82 Å². The number of halogens is 1. The van der Waals surface area contributed by atoms with Crippen molar-refractivity contribution in [2.45, 2.75) is 37.5 Å². The molecule has 1 fully saturated rings. The molecule has 0 unspecified atom stereocenters. The van der Waals surface area contributed by atoms with Crippen LogP contribution in [0.3, 0.4) is 0 Å². The van der Waals surface area contributed by atoms with Crippen molar-refractivity contribution in [2.75, 3.05) is 11.9 Å². The lowest BCUT2D eigenvalue weighted by Gasteiger charge is -2.24. The van der Waals surface area contributed by atoms with E-state index in [2.05, 4.69) is 27.2 Å². The Morgan fingerprint density at radius 2 is 2.22 bits per heavy atom. The molecule has 4 heterocycles. The van der Waals surface area contributed by atoms with Gasteiger partial charge < -0.3 is 15.2 Å². The molecule has 7 nitrogen and oxygen atoms in total. The largest absolute Gasteiger partial charge is 0.393 e. The molecule has 0 saturated heterocycles. The Kier molecular flexibility index (Phi) is 5.94. The molecule has 0 amide bonds. The van der Waals surface area contributed by atoms with Gasteiger partial charge in [0.15, 0.2) is 0 Å². The van der Waals surface area contributed by atoms with Crippen LogP contribution in [-0.4, -0.2) is 44.6 Å². The maximum Gasteiger partial charge on any atom is 0.208 e. The van der Waals surface area contributed by atoms with E-state index in [4.69, 9.17) is 16.3 Å². The first kappa shape index (κ1) is 21.5. The quantitative estimate of drug-likeness (QED) is 0.547. The van der Waals surface area contributed by atoms with E-state index in [0.29, 0.717) is 40.0 Å². The first-order chi connectivity index (χ1) is 15.5. The molecule has 1 aliphatic carbocycles. The van der Waals surface area contributed by atoms with Crippen molar-refractivity contribution < 1.29 is 14.6 Å². The first-order valence-corrected chi connectivity index (χ1v) is 11.7. The van der Waals surface area contributed by atoms with Crippen LogP contribution in [0.1, 0.15) is 51.0 Å². The standard InChI is InChI=1S/C23H22ClN4O3S/c1-12-7-14(8-17(12)29)28-23-16(10-25-11-27-23)20(30)18-9-15(22(24)32-18)21-19-13(4-6-31-21)3-2-5-26-19/h2-3,5,9-12,14,17,21,29H,1,4,6-8H2,(H,25,27,28)/t12-,14-,17+,21+/m1/s1. The number of fused-ring (bicyclic) bond motifs is 1. The molecule has 4 atom stereocenters. The van der Waals surface area contributed by atoms with Gasteiger partial charge in [-0.1, -0.05) is 17.7 Å². The van der Waals surface area contributed by atoms with Crippen LogP contribution in [0, 0.1) is 12.8 Å². The molecule has 9 heteroatoms. The maximum absolute atomic E-state index is 13.4. The summed E-state index contributed by atoms with van der Waals surface area (Å²) in [5.41, 5.74) is 3.07. The average molecular weight is 470 g/mol. The highest BCUT2D eigenvalue weighted by atomic mass is 35.5. The molecule has 0 bridgehead atoms. The van der Waals surface area contributed by atoms with Gasteiger partial charge in [-0.05, 0) is 49.8 Å². The third-order valence-electron chi connectivity index (χ3n) is 6.00. The Morgan fingerprint density at radius 1 is 1.34 bits per heavy atom. The Labute approximate surface area is 194 Å². The number of pyridine rings is 1. The van der Waals surface area contributed by atoms with Crippen molar-refractivity contribution in [1.29, 1.82) is 0 Å². The van der Waals surface area contributed by atoms with Gasteiger partial charge in [0.05, 0.1) is 33.2 Å². The lowest BCUT2D eigenvalue weighted by molar-refractivity contribution is 0.0667. The number of aromatic nitrogens is 3. The number of ether oxygens (including phenoxy) is 1. The minimum Gasteiger partial charge on any atom is -0.393 e. The highest BCUT2D eigenvalue weighted by molar-refractivity contribution is 7.18. The molecule has 32 heavy (non-hydrogen) atoms. The van der Waals surface area contributed by atoms with E-state index in [1.807, 2.05) is 12.1 Å². The fourth-order valence-corrected chi connectivity index (χ4v) is 5.60. The van der Waals surface area contributed by atoms with Crippen LogP contribution >= 0.6 is 22.9 Å². The van der Waals surface area contributed by atoms with Gasteiger partial charge in [-0.25, -0.2) is 9.97 Å². The van der Waals surface area contributed by atoms with Crippen molar-refractivity contribution in [3.05, 3.63) is 75.4 Å². The molecule has 1 saturated carbocycles. The molecule has 0 spiro atoms. The van der Waals surface area contributed by atoms with E-state index in [1.54, 1.807) is 12.3 Å². The Balaban J connectivity index is 1.42. The maximum atomic E-state index is 13.4. The normalized spacial score (nSPS) is 24.8. The molecule has 165 valence electrons. The van der Waals surface area contributed by atoms with Crippen LogP contribution in [0.25, 0.3) is 0 Å². The zero-order valence-corrected chi connectivity index (χ0v) is 18.8. The van der Waals surface area contributed by atoms with Gasteiger partial charge in [0.1, 0.15) is 18.2 Å². The van der Waals surface area contributed by atoms with Gasteiger partial charge in [-0.3, -0.25) is 9.78 Å². The van der Waals surface area contributed by atoms with E-state index in [-0.39, 0.29) is 17.7 Å². The molecular weight excluding hydrogens is 448 g/mol. The second kappa shape index (κ2) is 8.86. The molecule has 2 aliphatic rings. The minimum atomic E-state index is -0.459. The third kappa shape index (κ3) is 4.03. The van der Waals surface area contributed by atoms with Gasteiger partial charge in [0.25, 0.3) is 0 Å². The highest BCUT2D eigenvalue weighted by Crippen LogP contribution is 2.40. The van der Waals surface area contributed by atoms with Gasteiger partial charge in [0, 0.05) is 24.0 Å². The van der Waals surface area contributed by atoms with Crippen molar-refractivity contribution >= 4 is 34.5 Å². The zero-order valence-electron chi connectivity index (χ0n) is 17.2. The number of ketones is 1. The number of aliphatic hydroxyl groups excluding tert-OH is 1. The summed E-state index contributed by atoms with van der Waals surface area (Å²) in [6.07, 6.45) is 5.85. The molecule has 1 radical (unpaired) electrons.